The lowest BCUT2D eigenvalue weighted by molar-refractivity contribution is 0.421. The summed E-state index contributed by atoms with van der Waals surface area (Å²) in [5, 5.41) is 15.9. The summed E-state index contributed by atoms with van der Waals surface area (Å²) >= 11 is 0. The maximum Gasteiger partial charge on any atom is 0.126 e. The Hall–Kier alpha value is -1.90. The fraction of sp³-hybridized carbons (Fsp3) is 0.286. The molecule has 0 bridgehead atoms. The minimum atomic E-state index is -0.0927. The van der Waals surface area contributed by atoms with Gasteiger partial charge in [0.2, 0.25) is 0 Å². The van der Waals surface area contributed by atoms with Crippen molar-refractivity contribution in [2.75, 3.05) is 10.6 Å². The minimum Gasteiger partial charge on any atom is -0.508 e. The van der Waals surface area contributed by atoms with Gasteiger partial charge in [-0.25, -0.2) is 0 Å². The number of aliphatic hydroxyl groups excluding tert-OH is 1. The molecule has 1 heterocycles. The molecule has 17 heavy (non-hydrogen) atoms. The number of allylic oxidation sites excluding steroid dienone is 1. The number of nitrogens with one attached hydrogen (secondary N) is 2. The average Bonchev–Trinajstić information content (AvgIpc) is 2.75. The molecule has 0 fully saturated rings. The van der Waals surface area contributed by atoms with Gasteiger partial charge in [-0.2, -0.15) is 0 Å². The van der Waals surface area contributed by atoms with Crippen LogP contribution in [0.15, 0.2) is 48.3 Å². The van der Waals surface area contributed by atoms with Crippen LogP contribution in [0, 0.1) is 0 Å². The molecule has 1 aliphatic heterocycles. The topological polar surface area (TPSA) is 44.3 Å². The highest BCUT2D eigenvalue weighted by molar-refractivity contribution is 5.76. The van der Waals surface area contributed by atoms with Gasteiger partial charge in [-0.3, -0.25) is 0 Å². The molecule has 3 heteroatoms. The summed E-state index contributed by atoms with van der Waals surface area (Å²) in [6.07, 6.45) is 1.75. The van der Waals surface area contributed by atoms with Crippen molar-refractivity contribution in [3.05, 3.63) is 48.3 Å². The van der Waals surface area contributed by atoms with Crippen LogP contribution in [-0.4, -0.2) is 11.3 Å². The van der Waals surface area contributed by atoms with Gasteiger partial charge in [-0.15, -0.1) is 0 Å². The lowest BCUT2D eigenvalue weighted by atomic mass is 10.1. The number of para-hydroxylation sites is 2. The van der Waals surface area contributed by atoms with Crippen molar-refractivity contribution in [2.45, 2.75) is 26.9 Å². The first kappa shape index (κ1) is 13.2. The third kappa shape index (κ3) is 2.81. The summed E-state index contributed by atoms with van der Waals surface area (Å²) in [6.45, 7) is 9.42. The largest absolute Gasteiger partial charge is 0.508 e. The van der Waals surface area contributed by atoms with Gasteiger partial charge in [0.1, 0.15) is 11.9 Å². The molecule has 0 saturated carbocycles. The van der Waals surface area contributed by atoms with E-state index in [2.05, 4.69) is 17.2 Å². The normalized spacial score (nSPS) is 13.9. The van der Waals surface area contributed by atoms with E-state index in [0.29, 0.717) is 0 Å². The van der Waals surface area contributed by atoms with E-state index < -0.39 is 0 Å². The number of anilines is 2. The number of benzene rings is 1. The van der Waals surface area contributed by atoms with Gasteiger partial charge < -0.3 is 15.7 Å². The first-order valence-corrected chi connectivity index (χ1v) is 5.89. The van der Waals surface area contributed by atoms with E-state index in [1.54, 1.807) is 0 Å². The molecular formula is C14H20N2O. The van der Waals surface area contributed by atoms with E-state index in [0.717, 1.165) is 16.9 Å². The van der Waals surface area contributed by atoms with Crippen molar-refractivity contribution < 1.29 is 5.11 Å². The number of aliphatic hydroxyl groups is 1. The Bertz CT molecular complexity index is 399. The van der Waals surface area contributed by atoms with Gasteiger partial charge in [-0.05, 0) is 19.1 Å². The third-order valence-electron chi connectivity index (χ3n) is 2.48. The van der Waals surface area contributed by atoms with Crippen LogP contribution < -0.4 is 10.6 Å². The zero-order valence-electron chi connectivity index (χ0n) is 10.6. The number of hydrogen-bond donors (Lipinski definition) is 3. The van der Waals surface area contributed by atoms with Gasteiger partial charge in [0, 0.05) is 5.57 Å². The third-order valence-corrected chi connectivity index (χ3v) is 2.48. The van der Waals surface area contributed by atoms with Crippen molar-refractivity contribution in [2.24, 2.45) is 0 Å². The van der Waals surface area contributed by atoms with Crippen LogP contribution in [0.2, 0.25) is 0 Å². The van der Waals surface area contributed by atoms with E-state index in [4.69, 9.17) is 0 Å². The maximum absolute atomic E-state index is 9.41. The molecule has 0 saturated heterocycles. The standard InChI is InChI=1S/C12H14N2O.C2H6/c1-3-9(8(2)15)12-13-10-6-4-5-7-11(10)14-12;1-2/h3-7,12-15H,2H2,1H3;1-2H3/b9-3+;. The number of fused-ring (bicyclic) bond motifs is 1. The Labute approximate surface area is 103 Å². The van der Waals surface area contributed by atoms with Crippen molar-refractivity contribution in [1.29, 1.82) is 0 Å². The molecule has 0 amide bonds. The van der Waals surface area contributed by atoms with Crippen molar-refractivity contribution in [1.82, 2.24) is 0 Å². The van der Waals surface area contributed by atoms with Gasteiger partial charge in [0.05, 0.1) is 11.4 Å². The lowest BCUT2D eigenvalue weighted by Gasteiger charge is -2.15. The van der Waals surface area contributed by atoms with Crippen LogP contribution in [0.1, 0.15) is 20.8 Å². The second-order valence-electron chi connectivity index (χ2n) is 3.46. The molecule has 0 aliphatic carbocycles. The summed E-state index contributed by atoms with van der Waals surface area (Å²) in [6, 6.07) is 7.93. The van der Waals surface area contributed by atoms with Crippen LogP contribution in [0.25, 0.3) is 0 Å². The highest BCUT2D eigenvalue weighted by Crippen LogP contribution is 2.31. The Morgan fingerprint density at radius 2 is 1.71 bits per heavy atom. The summed E-state index contributed by atoms with van der Waals surface area (Å²) in [5.41, 5.74) is 2.86. The number of hydrogen-bond acceptors (Lipinski definition) is 3. The molecule has 0 spiro atoms. The van der Waals surface area contributed by atoms with E-state index >= 15 is 0 Å². The van der Waals surface area contributed by atoms with Crippen LogP contribution >= 0.6 is 0 Å². The highest BCUT2D eigenvalue weighted by atomic mass is 16.3. The summed E-state index contributed by atoms with van der Waals surface area (Å²) in [5.74, 6) is 0.0929. The quantitative estimate of drug-likeness (QED) is 0.535. The summed E-state index contributed by atoms with van der Waals surface area (Å²) < 4.78 is 0. The molecule has 2 rings (SSSR count). The smallest absolute Gasteiger partial charge is 0.126 e. The first-order chi connectivity index (χ1) is 8.22. The van der Waals surface area contributed by atoms with Crippen molar-refractivity contribution in [3.63, 3.8) is 0 Å². The Balaban J connectivity index is 0.000000686. The van der Waals surface area contributed by atoms with E-state index in [9.17, 15) is 5.11 Å². The molecule has 1 aromatic rings. The van der Waals surface area contributed by atoms with Gasteiger partial charge in [0.15, 0.2) is 0 Å². The maximum atomic E-state index is 9.41. The second kappa shape index (κ2) is 5.99. The first-order valence-electron chi connectivity index (χ1n) is 5.89. The van der Waals surface area contributed by atoms with Gasteiger partial charge >= 0.3 is 0 Å². The second-order valence-corrected chi connectivity index (χ2v) is 3.46. The highest BCUT2D eigenvalue weighted by Gasteiger charge is 2.22. The molecule has 3 N–H and O–H groups in total. The molecular weight excluding hydrogens is 212 g/mol. The zero-order valence-corrected chi connectivity index (χ0v) is 10.6. The van der Waals surface area contributed by atoms with Gasteiger partial charge in [0.25, 0.3) is 0 Å². The molecule has 0 atom stereocenters. The van der Waals surface area contributed by atoms with Crippen molar-refractivity contribution in [3.8, 4) is 0 Å². The van der Waals surface area contributed by atoms with Crippen LogP contribution in [0.5, 0.6) is 0 Å². The van der Waals surface area contributed by atoms with E-state index in [1.165, 1.54) is 0 Å². The van der Waals surface area contributed by atoms with Crippen molar-refractivity contribution >= 4 is 11.4 Å². The molecule has 1 aliphatic rings. The van der Waals surface area contributed by atoms with Crippen LogP contribution in [0.4, 0.5) is 11.4 Å². The molecule has 1 aromatic carbocycles. The summed E-state index contributed by atoms with van der Waals surface area (Å²) in [7, 11) is 0. The molecule has 0 radical (unpaired) electrons. The predicted octanol–water partition coefficient (Wildman–Crippen LogP) is 3.89. The summed E-state index contributed by atoms with van der Waals surface area (Å²) in [4.78, 5) is 0. The Morgan fingerprint density at radius 3 is 2.06 bits per heavy atom. The zero-order chi connectivity index (χ0) is 12.8. The fourth-order valence-corrected chi connectivity index (χ4v) is 1.74. The molecule has 92 valence electrons. The van der Waals surface area contributed by atoms with E-state index in [-0.39, 0.29) is 11.9 Å². The molecule has 3 nitrogen and oxygen atoms in total. The number of rotatable bonds is 2. The van der Waals surface area contributed by atoms with Crippen LogP contribution in [-0.2, 0) is 0 Å². The fourth-order valence-electron chi connectivity index (χ4n) is 1.74. The predicted molar refractivity (Wildman–Crippen MR) is 74.3 cm³/mol. The average molecular weight is 232 g/mol. The molecule has 0 unspecified atom stereocenters. The van der Waals surface area contributed by atoms with Crippen LogP contribution in [0.3, 0.4) is 0 Å². The minimum absolute atomic E-state index is 0.0927. The van der Waals surface area contributed by atoms with Gasteiger partial charge in [-0.1, -0.05) is 38.6 Å². The SMILES string of the molecule is C=C(O)/C(=C\C)C1Nc2ccccc2N1.CC. The molecule has 0 aromatic heterocycles. The van der Waals surface area contributed by atoms with E-state index in [1.807, 2.05) is 51.1 Å². The Morgan fingerprint density at radius 1 is 1.24 bits per heavy atom. The Kier molecular flexibility index (Phi) is 4.64. The monoisotopic (exact) mass is 232 g/mol. The lowest BCUT2D eigenvalue weighted by Crippen LogP contribution is -2.25.